The van der Waals surface area contributed by atoms with Gasteiger partial charge in [0.05, 0.1) is 18.1 Å². The van der Waals surface area contributed by atoms with Crippen molar-refractivity contribution in [3.8, 4) is 0 Å². The van der Waals surface area contributed by atoms with Crippen LogP contribution in [0.2, 0.25) is 0 Å². The van der Waals surface area contributed by atoms with E-state index in [-0.39, 0.29) is 23.3 Å². The summed E-state index contributed by atoms with van der Waals surface area (Å²) < 4.78 is 22.5. The van der Waals surface area contributed by atoms with Crippen molar-refractivity contribution in [1.82, 2.24) is 4.90 Å². The van der Waals surface area contributed by atoms with Crippen molar-refractivity contribution < 1.29 is 13.2 Å². The first kappa shape index (κ1) is 12.6. The minimum Gasteiger partial charge on any atom is -0.298 e. The van der Waals surface area contributed by atoms with Crippen molar-refractivity contribution in [2.24, 2.45) is 0 Å². The van der Waals surface area contributed by atoms with Gasteiger partial charge in [0.15, 0.2) is 9.84 Å². The van der Waals surface area contributed by atoms with E-state index in [1.54, 1.807) is 0 Å². The fraction of sp³-hybridized carbons (Fsp3) is 0.900. The van der Waals surface area contributed by atoms with E-state index in [4.69, 9.17) is 0 Å². The van der Waals surface area contributed by atoms with Crippen LogP contribution in [-0.4, -0.2) is 50.2 Å². The molecule has 0 aromatic carbocycles. The molecule has 0 amide bonds. The van der Waals surface area contributed by atoms with Gasteiger partial charge in [-0.05, 0) is 19.9 Å². The molecule has 15 heavy (non-hydrogen) atoms. The molecule has 1 fully saturated rings. The summed E-state index contributed by atoms with van der Waals surface area (Å²) in [6, 6.07) is 0.0378. The molecule has 0 radical (unpaired) electrons. The SMILES string of the molecule is CCCC(=O)CN(C)C1CCS(=O)(=O)C1. The number of hydrogen-bond donors (Lipinski definition) is 0. The Balaban J connectivity index is 2.42. The van der Waals surface area contributed by atoms with Crippen LogP contribution in [-0.2, 0) is 14.6 Å². The maximum atomic E-state index is 11.4. The van der Waals surface area contributed by atoms with Gasteiger partial charge in [-0.2, -0.15) is 0 Å². The molecule has 1 unspecified atom stereocenters. The summed E-state index contributed by atoms with van der Waals surface area (Å²) in [5, 5.41) is 0. The first-order valence-electron chi connectivity index (χ1n) is 5.37. The highest BCUT2D eigenvalue weighted by Gasteiger charge is 2.30. The molecule has 1 aliphatic rings. The normalized spacial score (nSPS) is 24.6. The summed E-state index contributed by atoms with van der Waals surface area (Å²) in [6.45, 7) is 2.35. The second kappa shape index (κ2) is 5.07. The Morgan fingerprint density at radius 3 is 2.60 bits per heavy atom. The highest BCUT2D eigenvalue weighted by Crippen LogP contribution is 2.16. The lowest BCUT2D eigenvalue weighted by Gasteiger charge is -2.21. The van der Waals surface area contributed by atoms with Crippen LogP contribution in [0, 0.1) is 0 Å². The van der Waals surface area contributed by atoms with E-state index in [0.29, 0.717) is 19.4 Å². The Hall–Kier alpha value is -0.420. The zero-order valence-corrected chi connectivity index (χ0v) is 10.2. The summed E-state index contributed by atoms with van der Waals surface area (Å²) in [5.41, 5.74) is 0. The fourth-order valence-electron chi connectivity index (χ4n) is 1.89. The van der Waals surface area contributed by atoms with Gasteiger partial charge >= 0.3 is 0 Å². The number of rotatable bonds is 5. The van der Waals surface area contributed by atoms with Crippen LogP contribution in [0.3, 0.4) is 0 Å². The Morgan fingerprint density at radius 1 is 1.47 bits per heavy atom. The van der Waals surface area contributed by atoms with Crippen LogP contribution in [0.25, 0.3) is 0 Å². The summed E-state index contributed by atoms with van der Waals surface area (Å²) in [4.78, 5) is 13.3. The Kier molecular flexibility index (Phi) is 4.28. The van der Waals surface area contributed by atoms with E-state index in [2.05, 4.69) is 0 Å². The highest BCUT2D eigenvalue weighted by molar-refractivity contribution is 7.91. The van der Waals surface area contributed by atoms with Crippen LogP contribution in [0.5, 0.6) is 0 Å². The van der Waals surface area contributed by atoms with Crippen LogP contribution >= 0.6 is 0 Å². The predicted octanol–water partition coefficient (Wildman–Crippen LogP) is 0.475. The molecule has 1 atom stereocenters. The van der Waals surface area contributed by atoms with E-state index >= 15 is 0 Å². The highest BCUT2D eigenvalue weighted by atomic mass is 32.2. The van der Waals surface area contributed by atoms with Crippen LogP contribution in [0.4, 0.5) is 0 Å². The molecule has 0 N–H and O–H groups in total. The second-order valence-corrected chi connectivity index (χ2v) is 6.49. The van der Waals surface area contributed by atoms with E-state index < -0.39 is 9.84 Å². The molecule has 0 saturated carbocycles. The third-order valence-corrected chi connectivity index (χ3v) is 4.54. The molecule has 1 rings (SSSR count). The Morgan fingerprint density at radius 2 is 2.13 bits per heavy atom. The molecule has 4 nitrogen and oxygen atoms in total. The van der Waals surface area contributed by atoms with Gasteiger partial charge in [0.25, 0.3) is 0 Å². The third kappa shape index (κ3) is 3.91. The monoisotopic (exact) mass is 233 g/mol. The minimum atomic E-state index is -2.84. The molecule has 0 bridgehead atoms. The molecule has 0 aromatic heterocycles. The first-order chi connectivity index (χ1) is 6.94. The number of Topliss-reactive ketones (excluding diaryl/α,β-unsaturated/α-hetero) is 1. The molecule has 0 aromatic rings. The predicted molar refractivity (Wildman–Crippen MR) is 59.6 cm³/mol. The van der Waals surface area contributed by atoms with Crippen LogP contribution in [0.1, 0.15) is 26.2 Å². The van der Waals surface area contributed by atoms with Gasteiger partial charge in [0.2, 0.25) is 0 Å². The van der Waals surface area contributed by atoms with Gasteiger partial charge in [0, 0.05) is 12.5 Å². The Bertz CT molecular complexity index is 324. The summed E-state index contributed by atoms with van der Waals surface area (Å²) in [7, 11) is -1.01. The van der Waals surface area contributed by atoms with Crippen molar-refractivity contribution in [1.29, 1.82) is 0 Å². The number of carbonyl (C=O) groups excluding carboxylic acids is 1. The maximum absolute atomic E-state index is 11.4. The maximum Gasteiger partial charge on any atom is 0.151 e. The number of likely N-dealkylation sites (N-methyl/N-ethyl adjacent to an activating group) is 1. The van der Waals surface area contributed by atoms with E-state index in [0.717, 1.165) is 6.42 Å². The van der Waals surface area contributed by atoms with Gasteiger partial charge in [-0.15, -0.1) is 0 Å². The average Bonchev–Trinajstić information content (AvgIpc) is 2.46. The van der Waals surface area contributed by atoms with Gasteiger partial charge in [-0.1, -0.05) is 6.92 Å². The number of ketones is 1. The summed E-state index contributed by atoms with van der Waals surface area (Å²) in [6.07, 6.45) is 2.11. The number of nitrogens with zero attached hydrogens (tertiary/aromatic N) is 1. The first-order valence-corrected chi connectivity index (χ1v) is 7.19. The lowest BCUT2D eigenvalue weighted by atomic mass is 10.2. The van der Waals surface area contributed by atoms with Crippen molar-refractivity contribution in [3.63, 3.8) is 0 Å². The molecule has 1 heterocycles. The van der Waals surface area contributed by atoms with Crippen molar-refractivity contribution >= 4 is 15.6 Å². The molecule has 5 heteroatoms. The zero-order chi connectivity index (χ0) is 11.5. The number of sulfone groups is 1. The third-order valence-electron chi connectivity index (χ3n) is 2.79. The van der Waals surface area contributed by atoms with Crippen molar-refractivity contribution in [3.05, 3.63) is 0 Å². The summed E-state index contributed by atoms with van der Waals surface area (Å²) >= 11 is 0. The van der Waals surface area contributed by atoms with E-state index in [9.17, 15) is 13.2 Å². The zero-order valence-electron chi connectivity index (χ0n) is 9.40. The lowest BCUT2D eigenvalue weighted by molar-refractivity contribution is -0.120. The molecular formula is C10H19NO3S. The second-order valence-electron chi connectivity index (χ2n) is 4.26. The summed E-state index contributed by atoms with van der Waals surface area (Å²) in [5.74, 6) is 0.677. The fourth-order valence-corrected chi connectivity index (χ4v) is 3.69. The number of hydrogen-bond acceptors (Lipinski definition) is 4. The van der Waals surface area contributed by atoms with Crippen LogP contribution < -0.4 is 0 Å². The molecular weight excluding hydrogens is 214 g/mol. The topological polar surface area (TPSA) is 54.5 Å². The van der Waals surface area contributed by atoms with E-state index in [1.807, 2.05) is 18.9 Å². The van der Waals surface area contributed by atoms with Gasteiger partial charge < -0.3 is 0 Å². The lowest BCUT2D eigenvalue weighted by Crippen LogP contribution is -2.36. The van der Waals surface area contributed by atoms with Crippen LogP contribution in [0.15, 0.2) is 0 Å². The van der Waals surface area contributed by atoms with Gasteiger partial charge in [-0.3, -0.25) is 9.69 Å². The van der Waals surface area contributed by atoms with Crippen molar-refractivity contribution in [2.45, 2.75) is 32.2 Å². The van der Waals surface area contributed by atoms with E-state index in [1.165, 1.54) is 0 Å². The molecule has 1 aliphatic heterocycles. The largest absolute Gasteiger partial charge is 0.298 e. The molecule has 1 saturated heterocycles. The standard InChI is InChI=1S/C10H19NO3S/c1-3-4-10(12)7-11(2)9-5-6-15(13,14)8-9/h9H,3-8H2,1-2H3. The Labute approximate surface area is 91.6 Å². The average molecular weight is 233 g/mol. The molecule has 0 spiro atoms. The minimum absolute atomic E-state index is 0.0378. The molecule has 0 aliphatic carbocycles. The smallest absolute Gasteiger partial charge is 0.151 e. The van der Waals surface area contributed by atoms with Crippen molar-refractivity contribution in [2.75, 3.05) is 25.1 Å². The quantitative estimate of drug-likeness (QED) is 0.693. The number of carbonyl (C=O) groups is 1. The molecule has 88 valence electrons. The van der Waals surface area contributed by atoms with Gasteiger partial charge in [0.1, 0.15) is 5.78 Å². The van der Waals surface area contributed by atoms with Gasteiger partial charge in [-0.25, -0.2) is 8.42 Å².